The fourth-order valence-corrected chi connectivity index (χ4v) is 5.54. The predicted molar refractivity (Wildman–Crippen MR) is 126 cm³/mol. The average Bonchev–Trinajstić information content (AvgIpc) is 3.46. The molecule has 2 aromatic carbocycles. The van der Waals surface area contributed by atoms with Gasteiger partial charge in [-0.15, -0.1) is 11.3 Å². The van der Waals surface area contributed by atoms with E-state index in [2.05, 4.69) is 17.1 Å². The largest absolute Gasteiger partial charge is 0.334 e. The van der Waals surface area contributed by atoms with Gasteiger partial charge in [-0.3, -0.25) is 9.59 Å². The summed E-state index contributed by atoms with van der Waals surface area (Å²) >= 11 is 1.23. The SMILES string of the molecule is Cc1ccc(-c2csc(C(=O)N3CCCC[C@H]3CC(=O)N3Cc4ccccc4C3)n2)c(F)c1. The van der Waals surface area contributed by atoms with Gasteiger partial charge in [-0.25, -0.2) is 9.37 Å². The molecule has 2 aliphatic rings. The molecule has 0 bridgehead atoms. The number of carbonyl (C=O) groups excluding carboxylic acids is 2. The number of hydrogen-bond donors (Lipinski definition) is 0. The van der Waals surface area contributed by atoms with Crippen molar-refractivity contribution in [1.29, 1.82) is 0 Å². The predicted octanol–water partition coefficient (Wildman–Crippen LogP) is 5.18. The first-order chi connectivity index (χ1) is 16.0. The molecule has 1 saturated heterocycles. The van der Waals surface area contributed by atoms with Gasteiger partial charge in [-0.1, -0.05) is 30.3 Å². The summed E-state index contributed by atoms with van der Waals surface area (Å²) in [4.78, 5) is 34.5. The number of hydrogen-bond acceptors (Lipinski definition) is 4. The van der Waals surface area contributed by atoms with Crippen molar-refractivity contribution in [2.45, 2.75) is 51.7 Å². The van der Waals surface area contributed by atoms with Crippen LogP contribution in [0.15, 0.2) is 47.8 Å². The van der Waals surface area contributed by atoms with Crippen molar-refractivity contribution in [1.82, 2.24) is 14.8 Å². The van der Waals surface area contributed by atoms with Crippen LogP contribution in [0.3, 0.4) is 0 Å². The number of halogens is 1. The minimum atomic E-state index is -0.340. The lowest BCUT2D eigenvalue weighted by Gasteiger charge is -2.35. The lowest BCUT2D eigenvalue weighted by molar-refractivity contribution is -0.133. The molecular weight excluding hydrogens is 437 g/mol. The maximum atomic E-state index is 14.4. The third-order valence-electron chi connectivity index (χ3n) is 6.58. The minimum Gasteiger partial charge on any atom is -0.334 e. The quantitative estimate of drug-likeness (QED) is 0.535. The second-order valence-electron chi connectivity index (χ2n) is 8.89. The van der Waals surface area contributed by atoms with Crippen molar-refractivity contribution in [2.24, 2.45) is 0 Å². The van der Waals surface area contributed by atoms with Crippen LogP contribution in [-0.2, 0) is 17.9 Å². The molecule has 0 saturated carbocycles. The van der Waals surface area contributed by atoms with Crippen LogP contribution >= 0.6 is 11.3 Å². The number of amides is 2. The molecule has 2 amide bonds. The van der Waals surface area contributed by atoms with Crippen LogP contribution in [-0.4, -0.2) is 39.2 Å². The Labute approximate surface area is 196 Å². The third-order valence-corrected chi connectivity index (χ3v) is 7.41. The molecule has 7 heteroatoms. The van der Waals surface area contributed by atoms with Gasteiger partial charge < -0.3 is 9.80 Å². The first-order valence-electron chi connectivity index (χ1n) is 11.4. The average molecular weight is 464 g/mol. The summed E-state index contributed by atoms with van der Waals surface area (Å²) in [5.41, 5.74) is 4.10. The second-order valence-corrected chi connectivity index (χ2v) is 9.75. The van der Waals surface area contributed by atoms with Crippen LogP contribution in [0, 0.1) is 12.7 Å². The summed E-state index contributed by atoms with van der Waals surface area (Å²) in [5, 5.41) is 2.07. The number of nitrogens with zero attached hydrogens (tertiary/aromatic N) is 3. The number of aryl methyl sites for hydroxylation is 1. The summed E-state index contributed by atoms with van der Waals surface area (Å²) in [7, 11) is 0. The summed E-state index contributed by atoms with van der Waals surface area (Å²) in [6.45, 7) is 3.72. The molecule has 1 fully saturated rings. The van der Waals surface area contributed by atoms with Gasteiger partial charge in [0.05, 0.1) is 5.69 Å². The fourth-order valence-electron chi connectivity index (χ4n) is 4.77. The summed E-state index contributed by atoms with van der Waals surface area (Å²) in [5.74, 6) is -0.425. The van der Waals surface area contributed by atoms with Crippen molar-refractivity contribution >= 4 is 23.2 Å². The van der Waals surface area contributed by atoms with Gasteiger partial charge in [0.2, 0.25) is 5.91 Å². The first-order valence-corrected chi connectivity index (χ1v) is 12.2. The minimum absolute atomic E-state index is 0.0810. The molecule has 5 nitrogen and oxygen atoms in total. The van der Waals surface area contributed by atoms with Gasteiger partial charge in [-0.05, 0) is 55.0 Å². The smallest absolute Gasteiger partial charge is 0.283 e. The Morgan fingerprint density at radius 1 is 1.12 bits per heavy atom. The number of fused-ring (bicyclic) bond motifs is 1. The topological polar surface area (TPSA) is 53.5 Å². The zero-order chi connectivity index (χ0) is 22.9. The lowest BCUT2D eigenvalue weighted by atomic mass is 9.98. The molecule has 170 valence electrons. The van der Waals surface area contributed by atoms with Crippen LogP contribution in [0.4, 0.5) is 4.39 Å². The highest BCUT2D eigenvalue weighted by molar-refractivity contribution is 7.12. The van der Waals surface area contributed by atoms with E-state index >= 15 is 0 Å². The molecule has 2 aliphatic heterocycles. The van der Waals surface area contributed by atoms with Gasteiger partial charge in [0.15, 0.2) is 5.01 Å². The van der Waals surface area contributed by atoms with E-state index in [9.17, 15) is 14.0 Å². The zero-order valence-electron chi connectivity index (χ0n) is 18.6. The highest BCUT2D eigenvalue weighted by atomic mass is 32.1. The van der Waals surface area contributed by atoms with Gasteiger partial charge in [0.1, 0.15) is 5.82 Å². The number of carbonyl (C=O) groups is 2. The Kier molecular flexibility index (Phi) is 5.98. The van der Waals surface area contributed by atoms with Crippen LogP contribution in [0.5, 0.6) is 0 Å². The number of aromatic nitrogens is 1. The Morgan fingerprint density at radius 3 is 2.61 bits per heavy atom. The molecular formula is C26H26FN3O2S. The number of thiazole rings is 1. The Balaban J connectivity index is 1.29. The van der Waals surface area contributed by atoms with Crippen LogP contribution in [0.25, 0.3) is 11.3 Å². The molecule has 33 heavy (non-hydrogen) atoms. The highest BCUT2D eigenvalue weighted by Gasteiger charge is 2.33. The van der Waals surface area contributed by atoms with Crippen LogP contribution < -0.4 is 0 Å². The summed E-state index contributed by atoms with van der Waals surface area (Å²) < 4.78 is 14.4. The van der Waals surface area contributed by atoms with E-state index in [0.717, 1.165) is 24.8 Å². The van der Waals surface area contributed by atoms with E-state index in [1.54, 1.807) is 16.3 Å². The number of benzene rings is 2. The molecule has 0 spiro atoms. The fraction of sp³-hybridized carbons (Fsp3) is 0.346. The molecule has 0 unspecified atom stereocenters. The van der Waals surface area contributed by atoms with Crippen molar-refractivity contribution in [3.05, 3.63) is 75.4 Å². The van der Waals surface area contributed by atoms with E-state index in [1.807, 2.05) is 30.0 Å². The molecule has 0 N–H and O–H groups in total. The Morgan fingerprint density at radius 2 is 1.88 bits per heavy atom. The standard InChI is InChI=1S/C26H26FN3O2S/c1-17-9-10-21(22(27)12-17)23-16-33-25(28-23)26(32)30-11-5-4-8-20(30)13-24(31)29-14-18-6-2-3-7-19(18)15-29/h2-3,6-7,9-10,12,16,20H,4-5,8,11,13-15H2,1H3/t20-/m0/s1. The van der Waals surface area contributed by atoms with E-state index in [4.69, 9.17) is 0 Å². The normalized spacial score (nSPS) is 17.8. The molecule has 1 aromatic heterocycles. The van der Waals surface area contributed by atoms with E-state index in [0.29, 0.717) is 42.3 Å². The zero-order valence-corrected chi connectivity index (χ0v) is 19.4. The van der Waals surface area contributed by atoms with Gasteiger partial charge in [-0.2, -0.15) is 0 Å². The van der Waals surface area contributed by atoms with Gasteiger partial charge in [0.25, 0.3) is 5.91 Å². The van der Waals surface area contributed by atoms with Crippen molar-refractivity contribution in [3.8, 4) is 11.3 Å². The van der Waals surface area contributed by atoms with Crippen molar-refractivity contribution in [2.75, 3.05) is 6.54 Å². The summed E-state index contributed by atoms with van der Waals surface area (Å²) in [6.07, 6.45) is 3.05. The maximum Gasteiger partial charge on any atom is 0.283 e. The van der Waals surface area contributed by atoms with Crippen LogP contribution in [0.1, 0.15) is 52.2 Å². The van der Waals surface area contributed by atoms with Crippen molar-refractivity contribution in [3.63, 3.8) is 0 Å². The van der Waals surface area contributed by atoms with E-state index < -0.39 is 0 Å². The monoisotopic (exact) mass is 463 g/mol. The lowest BCUT2D eigenvalue weighted by Crippen LogP contribution is -2.46. The van der Waals surface area contributed by atoms with E-state index in [-0.39, 0.29) is 23.7 Å². The number of likely N-dealkylation sites (tertiary alicyclic amines) is 1. The molecule has 1 atom stereocenters. The van der Waals surface area contributed by atoms with Gasteiger partial charge in [0, 0.05) is 43.0 Å². The first kappa shape index (κ1) is 21.8. The second kappa shape index (κ2) is 9.06. The number of piperidine rings is 1. The summed E-state index contributed by atoms with van der Waals surface area (Å²) in [6, 6.07) is 13.0. The number of rotatable bonds is 4. The third kappa shape index (κ3) is 4.42. The molecule has 0 aliphatic carbocycles. The van der Waals surface area contributed by atoms with Crippen LogP contribution in [0.2, 0.25) is 0 Å². The Hall–Kier alpha value is -3.06. The molecule has 3 aromatic rings. The molecule has 5 rings (SSSR count). The Bertz CT molecular complexity index is 1180. The van der Waals surface area contributed by atoms with Crippen molar-refractivity contribution < 1.29 is 14.0 Å². The molecule has 0 radical (unpaired) electrons. The van der Waals surface area contributed by atoms with E-state index in [1.165, 1.54) is 28.5 Å². The maximum absolute atomic E-state index is 14.4. The van der Waals surface area contributed by atoms with Gasteiger partial charge >= 0.3 is 0 Å². The molecule has 3 heterocycles. The highest BCUT2D eigenvalue weighted by Crippen LogP contribution is 2.29.